The van der Waals surface area contributed by atoms with Gasteiger partial charge in [-0.25, -0.2) is 0 Å². The van der Waals surface area contributed by atoms with Crippen molar-refractivity contribution >= 4 is 40.2 Å². The van der Waals surface area contributed by atoms with Gasteiger partial charge in [-0.2, -0.15) is 11.3 Å². The molecule has 0 aliphatic carbocycles. The highest BCUT2D eigenvalue weighted by Gasteiger charge is 2.18. The van der Waals surface area contributed by atoms with Crippen LogP contribution >= 0.6 is 22.7 Å². The van der Waals surface area contributed by atoms with E-state index in [0.29, 0.717) is 17.2 Å². The monoisotopic (exact) mass is 432 g/mol. The summed E-state index contributed by atoms with van der Waals surface area (Å²) in [7, 11) is 2.97. The van der Waals surface area contributed by atoms with Crippen LogP contribution in [0.15, 0.2) is 47.2 Å². The molecule has 0 radical (unpaired) electrons. The normalized spacial score (nSPS) is 11.6. The molecule has 3 aromatic rings. The summed E-state index contributed by atoms with van der Waals surface area (Å²) in [6.07, 6.45) is -0.695. The number of carbonyl (C=O) groups excluding carboxylic acids is 2. The first-order valence-corrected chi connectivity index (χ1v) is 10.4. The van der Waals surface area contributed by atoms with Crippen LogP contribution in [-0.2, 0) is 16.1 Å². The highest BCUT2D eigenvalue weighted by molar-refractivity contribution is 7.12. The van der Waals surface area contributed by atoms with Crippen molar-refractivity contribution < 1.29 is 24.2 Å². The summed E-state index contributed by atoms with van der Waals surface area (Å²) in [5.41, 5.74) is 1.17. The third-order valence-corrected chi connectivity index (χ3v) is 5.93. The lowest BCUT2D eigenvalue weighted by Gasteiger charge is -2.11. The van der Waals surface area contributed by atoms with Crippen molar-refractivity contribution in [2.45, 2.75) is 12.6 Å². The van der Waals surface area contributed by atoms with E-state index in [-0.39, 0.29) is 6.54 Å². The van der Waals surface area contributed by atoms with Crippen molar-refractivity contribution in [3.05, 3.63) is 62.5 Å². The lowest BCUT2D eigenvalue weighted by Crippen LogP contribution is -2.34. The fourth-order valence-electron chi connectivity index (χ4n) is 2.57. The standard InChI is InChI=1S/C20H20N2O5S2/c1-26-13-3-5-16(27-2)15(9-13)22-20(25)19(24)21-10-14-4-6-17(29-14)18(23)12-7-8-28-11-12/h3-9,11,18,23H,10H2,1-2H3,(H,21,24)(H,22,25). The van der Waals surface area contributed by atoms with Gasteiger partial charge in [-0.15, -0.1) is 11.3 Å². The largest absolute Gasteiger partial charge is 0.497 e. The van der Waals surface area contributed by atoms with Gasteiger partial charge in [-0.3, -0.25) is 9.59 Å². The lowest BCUT2D eigenvalue weighted by molar-refractivity contribution is -0.136. The van der Waals surface area contributed by atoms with Gasteiger partial charge in [-0.1, -0.05) is 0 Å². The zero-order valence-electron chi connectivity index (χ0n) is 15.8. The molecule has 0 aliphatic heterocycles. The molecule has 1 unspecified atom stereocenters. The number of rotatable bonds is 7. The average molecular weight is 433 g/mol. The van der Waals surface area contributed by atoms with Crippen LogP contribution in [0.4, 0.5) is 5.69 Å². The lowest BCUT2D eigenvalue weighted by atomic mass is 10.2. The van der Waals surface area contributed by atoms with E-state index in [1.807, 2.05) is 29.0 Å². The smallest absolute Gasteiger partial charge is 0.313 e. The van der Waals surface area contributed by atoms with Crippen molar-refractivity contribution in [1.82, 2.24) is 5.32 Å². The fraction of sp³-hybridized carbons (Fsp3) is 0.200. The van der Waals surface area contributed by atoms with Gasteiger partial charge in [0.25, 0.3) is 0 Å². The number of hydrogen-bond acceptors (Lipinski definition) is 7. The van der Waals surface area contributed by atoms with Crippen molar-refractivity contribution in [3.8, 4) is 11.5 Å². The molecule has 0 aliphatic rings. The Morgan fingerprint density at radius 2 is 1.93 bits per heavy atom. The summed E-state index contributed by atoms with van der Waals surface area (Å²) < 4.78 is 10.3. The first-order valence-electron chi connectivity index (χ1n) is 8.61. The number of hydrogen-bond donors (Lipinski definition) is 3. The number of methoxy groups -OCH3 is 2. The Labute approximate surface area is 175 Å². The molecule has 2 amide bonds. The van der Waals surface area contributed by atoms with E-state index in [4.69, 9.17) is 9.47 Å². The number of carbonyl (C=O) groups is 2. The van der Waals surface area contributed by atoms with E-state index in [9.17, 15) is 14.7 Å². The SMILES string of the molecule is COc1ccc(OC)c(NC(=O)C(=O)NCc2ccc(C(O)c3ccsc3)s2)c1. The summed E-state index contributed by atoms with van der Waals surface area (Å²) in [6, 6.07) is 10.4. The molecule has 29 heavy (non-hydrogen) atoms. The number of ether oxygens (including phenoxy) is 2. The first kappa shape index (κ1) is 20.8. The molecule has 1 atom stereocenters. The molecule has 3 N–H and O–H groups in total. The topological polar surface area (TPSA) is 96.9 Å². The Morgan fingerprint density at radius 3 is 2.62 bits per heavy atom. The fourth-order valence-corrected chi connectivity index (χ4v) is 4.22. The van der Waals surface area contributed by atoms with Crippen molar-refractivity contribution in [3.63, 3.8) is 0 Å². The van der Waals surface area contributed by atoms with Crippen LogP contribution in [0.3, 0.4) is 0 Å². The Balaban J connectivity index is 1.58. The van der Waals surface area contributed by atoms with Gasteiger partial charge in [0.15, 0.2) is 0 Å². The minimum atomic E-state index is -0.813. The maximum atomic E-state index is 12.2. The van der Waals surface area contributed by atoms with E-state index >= 15 is 0 Å². The van der Waals surface area contributed by atoms with E-state index in [2.05, 4.69) is 10.6 Å². The predicted octanol–water partition coefficient (Wildman–Crippen LogP) is 3.16. The van der Waals surface area contributed by atoms with Gasteiger partial charge in [0.2, 0.25) is 0 Å². The molecular weight excluding hydrogens is 412 g/mol. The van der Waals surface area contributed by atoms with Crippen LogP contribution in [-0.4, -0.2) is 31.1 Å². The molecule has 152 valence electrons. The van der Waals surface area contributed by atoms with E-state index in [1.165, 1.54) is 36.9 Å². The van der Waals surface area contributed by atoms with E-state index < -0.39 is 17.9 Å². The Hall–Kier alpha value is -2.88. The van der Waals surface area contributed by atoms with Crippen LogP contribution in [0.25, 0.3) is 0 Å². The number of anilines is 1. The predicted molar refractivity (Wildman–Crippen MR) is 113 cm³/mol. The molecule has 7 nitrogen and oxygen atoms in total. The molecule has 0 spiro atoms. The first-order chi connectivity index (χ1) is 14.0. The average Bonchev–Trinajstić information content (AvgIpc) is 3.43. The van der Waals surface area contributed by atoms with Crippen LogP contribution in [0.2, 0.25) is 0 Å². The second kappa shape index (κ2) is 9.55. The molecule has 9 heteroatoms. The van der Waals surface area contributed by atoms with E-state index in [1.54, 1.807) is 18.2 Å². The highest BCUT2D eigenvalue weighted by Crippen LogP contribution is 2.30. The van der Waals surface area contributed by atoms with Gasteiger partial charge in [-0.05, 0) is 46.7 Å². The van der Waals surface area contributed by atoms with Crippen LogP contribution in [0.5, 0.6) is 11.5 Å². The van der Waals surface area contributed by atoms with E-state index in [0.717, 1.165) is 15.3 Å². The molecule has 1 aromatic carbocycles. The molecular formula is C20H20N2O5S2. The molecule has 2 heterocycles. The summed E-state index contributed by atoms with van der Waals surface area (Å²) in [5.74, 6) is -0.649. The number of amides is 2. The molecule has 3 rings (SSSR count). The van der Waals surface area contributed by atoms with Gasteiger partial charge in [0.1, 0.15) is 17.6 Å². The van der Waals surface area contributed by atoms with Gasteiger partial charge < -0.3 is 25.2 Å². The summed E-state index contributed by atoms with van der Waals surface area (Å²) in [4.78, 5) is 26.0. The minimum Gasteiger partial charge on any atom is -0.497 e. The minimum absolute atomic E-state index is 0.183. The van der Waals surface area contributed by atoms with Crippen molar-refractivity contribution in [2.24, 2.45) is 0 Å². The Morgan fingerprint density at radius 1 is 1.10 bits per heavy atom. The maximum absolute atomic E-state index is 12.2. The third kappa shape index (κ3) is 5.14. The van der Waals surface area contributed by atoms with Crippen LogP contribution in [0, 0.1) is 0 Å². The number of aliphatic hydroxyl groups is 1. The Kier molecular flexibility index (Phi) is 6.86. The number of aliphatic hydroxyl groups excluding tert-OH is 1. The summed E-state index contributed by atoms with van der Waals surface area (Å²) in [6.45, 7) is 0.183. The van der Waals surface area contributed by atoms with Crippen molar-refractivity contribution in [1.29, 1.82) is 0 Å². The number of nitrogens with one attached hydrogen (secondary N) is 2. The van der Waals surface area contributed by atoms with Gasteiger partial charge >= 0.3 is 11.8 Å². The maximum Gasteiger partial charge on any atom is 0.313 e. The highest BCUT2D eigenvalue weighted by atomic mass is 32.1. The van der Waals surface area contributed by atoms with Gasteiger partial charge in [0.05, 0.1) is 26.5 Å². The summed E-state index contributed by atoms with van der Waals surface area (Å²) >= 11 is 2.90. The second-order valence-electron chi connectivity index (χ2n) is 5.97. The van der Waals surface area contributed by atoms with Gasteiger partial charge in [0, 0.05) is 15.8 Å². The molecule has 0 saturated carbocycles. The zero-order chi connectivity index (χ0) is 20.8. The molecule has 0 fully saturated rings. The van der Waals surface area contributed by atoms with Crippen LogP contribution < -0.4 is 20.1 Å². The zero-order valence-corrected chi connectivity index (χ0v) is 17.4. The van der Waals surface area contributed by atoms with Crippen LogP contribution in [0.1, 0.15) is 21.4 Å². The molecule has 0 bridgehead atoms. The Bertz CT molecular complexity index is 985. The molecule has 2 aromatic heterocycles. The quantitative estimate of drug-likeness (QED) is 0.499. The third-order valence-electron chi connectivity index (χ3n) is 4.10. The second-order valence-corrected chi connectivity index (χ2v) is 7.95. The molecule has 0 saturated heterocycles. The van der Waals surface area contributed by atoms with Crippen molar-refractivity contribution in [2.75, 3.05) is 19.5 Å². The summed E-state index contributed by atoms with van der Waals surface area (Å²) in [5, 5.41) is 19.3. The number of thiophene rings is 2. The number of benzene rings is 1.